The fraction of sp³-hybridized carbons (Fsp3) is 0.367. The molecule has 0 amide bonds. The van der Waals surface area contributed by atoms with E-state index in [0.29, 0.717) is 11.3 Å². The fourth-order valence-corrected chi connectivity index (χ4v) is 4.56. The second kappa shape index (κ2) is 13.4. The summed E-state index contributed by atoms with van der Waals surface area (Å²) in [4.78, 5) is 61.8. The summed E-state index contributed by atoms with van der Waals surface area (Å²) in [7, 11) is 1.50. The second-order valence-electron chi connectivity index (χ2n) is 9.50. The first kappa shape index (κ1) is 31.0. The third-order valence-corrected chi connectivity index (χ3v) is 6.29. The Labute approximate surface area is 245 Å². The first-order chi connectivity index (χ1) is 20.5. The van der Waals surface area contributed by atoms with Gasteiger partial charge in [-0.15, -0.1) is 0 Å². The maximum atomic E-state index is 13.8. The van der Waals surface area contributed by atoms with Gasteiger partial charge in [0.15, 0.2) is 18.0 Å². The van der Waals surface area contributed by atoms with Crippen LogP contribution in [0.1, 0.15) is 27.7 Å². The van der Waals surface area contributed by atoms with Crippen LogP contribution >= 0.6 is 0 Å². The van der Waals surface area contributed by atoms with Crippen molar-refractivity contribution in [1.29, 1.82) is 0 Å². The Morgan fingerprint density at radius 3 is 1.98 bits per heavy atom. The molecule has 1 fully saturated rings. The fourth-order valence-electron chi connectivity index (χ4n) is 4.56. The van der Waals surface area contributed by atoms with Gasteiger partial charge in [-0.2, -0.15) is 0 Å². The minimum atomic E-state index is -1.64. The SMILES string of the molecule is COc1ccc(-c2oc3ccccc3c(=O)c2O[C@@H]2O[C@H](COC(C)=O)[C@@H](OC(C)=O)[C@H](OC(C)=O)[C@H]2OC(C)=O)cc1. The molecule has 1 aliphatic heterocycles. The highest BCUT2D eigenvalue weighted by Crippen LogP contribution is 2.36. The molecule has 0 bridgehead atoms. The van der Waals surface area contributed by atoms with Crippen molar-refractivity contribution >= 4 is 34.8 Å². The molecule has 43 heavy (non-hydrogen) atoms. The molecule has 13 nitrogen and oxygen atoms in total. The van der Waals surface area contributed by atoms with Gasteiger partial charge >= 0.3 is 23.9 Å². The van der Waals surface area contributed by atoms with Crippen LogP contribution in [0.4, 0.5) is 0 Å². The Morgan fingerprint density at radius 1 is 0.767 bits per heavy atom. The molecule has 0 N–H and O–H groups in total. The average Bonchev–Trinajstić information content (AvgIpc) is 2.95. The predicted octanol–water partition coefficient (Wildman–Crippen LogP) is 2.93. The third kappa shape index (κ3) is 7.30. The Morgan fingerprint density at radius 2 is 1.37 bits per heavy atom. The minimum absolute atomic E-state index is 0.0132. The van der Waals surface area contributed by atoms with Crippen molar-refractivity contribution in [3.8, 4) is 22.8 Å². The molecule has 1 aliphatic rings. The van der Waals surface area contributed by atoms with Crippen LogP contribution in [-0.4, -0.2) is 68.3 Å². The number of carbonyl (C=O) groups excluding carboxylic acids is 4. The molecule has 0 saturated carbocycles. The average molecular weight is 599 g/mol. The zero-order valence-electron chi connectivity index (χ0n) is 24.0. The van der Waals surface area contributed by atoms with Crippen LogP contribution in [-0.2, 0) is 42.9 Å². The van der Waals surface area contributed by atoms with Crippen LogP contribution in [0, 0.1) is 0 Å². The summed E-state index contributed by atoms with van der Waals surface area (Å²) < 4.78 is 44.9. The van der Waals surface area contributed by atoms with Crippen LogP contribution in [0.15, 0.2) is 57.7 Å². The minimum Gasteiger partial charge on any atom is -0.497 e. The smallest absolute Gasteiger partial charge is 0.303 e. The summed E-state index contributed by atoms with van der Waals surface area (Å²) in [6.07, 6.45) is -7.33. The molecule has 0 spiro atoms. The monoisotopic (exact) mass is 598 g/mol. The lowest BCUT2D eigenvalue weighted by molar-refractivity contribution is -0.288. The summed E-state index contributed by atoms with van der Waals surface area (Å²) >= 11 is 0. The summed E-state index contributed by atoms with van der Waals surface area (Å²) in [6.45, 7) is 4.00. The maximum Gasteiger partial charge on any atom is 0.303 e. The van der Waals surface area contributed by atoms with Crippen LogP contribution in [0.2, 0.25) is 0 Å². The molecule has 2 aromatic carbocycles. The lowest BCUT2D eigenvalue weighted by atomic mass is 9.98. The Hall–Kier alpha value is -4.91. The molecule has 0 unspecified atom stereocenters. The van der Waals surface area contributed by atoms with E-state index in [2.05, 4.69) is 0 Å². The molecule has 1 aromatic heterocycles. The van der Waals surface area contributed by atoms with Crippen molar-refractivity contribution in [2.75, 3.05) is 13.7 Å². The van der Waals surface area contributed by atoms with Crippen molar-refractivity contribution in [2.24, 2.45) is 0 Å². The van der Waals surface area contributed by atoms with Gasteiger partial charge in [0, 0.05) is 33.3 Å². The summed E-state index contributed by atoms with van der Waals surface area (Å²) in [5.74, 6) is -2.84. The van der Waals surface area contributed by atoms with Crippen LogP contribution < -0.4 is 14.9 Å². The molecular weight excluding hydrogens is 568 g/mol. The number of esters is 4. The van der Waals surface area contributed by atoms with E-state index in [1.165, 1.54) is 7.11 Å². The summed E-state index contributed by atoms with van der Waals surface area (Å²) in [5.41, 5.74) is 0.122. The van der Waals surface area contributed by atoms with E-state index in [4.69, 9.17) is 37.6 Å². The van der Waals surface area contributed by atoms with Gasteiger partial charge in [-0.3, -0.25) is 24.0 Å². The van der Waals surface area contributed by atoms with Crippen LogP contribution in [0.3, 0.4) is 0 Å². The predicted molar refractivity (Wildman–Crippen MR) is 147 cm³/mol. The number of ether oxygens (including phenoxy) is 7. The standard InChI is InChI=1S/C30H30O13/c1-15(31)37-14-23-26(38-16(2)32)28(39-17(3)33)29(40-18(4)34)30(42-23)43-27-24(35)21-8-6-7-9-22(21)41-25(27)19-10-12-20(36-5)13-11-19/h6-13,23,26,28-30H,14H2,1-5H3/t23-,26-,28+,29-,30+/m1/s1. The first-order valence-corrected chi connectivity index (χ1v) is 13.2. The van der Waals surface area contributed by atoms with Gasteiger partial charge in [0.2, 0.25) is 23.6 Å². The highest BCUT2D eigenvalue weighted by molar-refractivity contribution is 5.82. The van der Waals surface area contributed by atoms with E-state index < -0.39 is 66.6 Å². The van der Waals surface area contributed by atoms with E-state index in [0.717, 1.165) is 27.7 Å². The normalized spacial score (nSPS) is 21.4. The number of fused-ring (bicyclic) bond motifs is 1. The summed E-state index contributed by atoms with van der Waals surface area (Å²) in [6, 6.07) is 13.1. The van der Waals surface area contributed by atoms with Gasteiger partial charge in [-0.25, -0.2) is 0 Å². The molecule has 4 rings (SSSR count). The number of hydrogen-bond donors (Lipinski definition) is 0. The number of hydrogen-bond acceptors (Lipinski definition) is 13. The Kier molecular flexibility index (Phi) is 9.66. The number of methoxy groups -OCH3 is 1. The number of benzene rings is 2. The van der Waals surface area contributed by atoms with Gasteiger partial charge < -0.3 is 37.6 Å². The van der Waals surface area contributed by atoms with Gasteiger partial charge in [-0.05, 0) is 36.4 Å². The van der Waals surface area contributed by atoms with E-state index in [1.54, 1.807) is 48.5 Å². The molecule has 1 saturated heterocycles. The first-order valence-electron chi connectivity index (χ1n) is 13.2. The number of rotatable bonds is 9. The molecule has 0 radical (unpaired) electrons. The molecule has 2 heterocycles. The van der Waals surface area contributed by atoms with Crippen LogP contribution in [0.5, 0.6) is 11.5 Å². The Balaban J connectivity index is 1.87. The molecule has 5 atom stereocenters. The molecule has 228 valence electrons. The zero-order valence-corrected chi connectivity index (χ0v) is 24.0. The molecule has 3 aromatic rings. The van der Waals surface area contributed by atoms with Gasteiger partial charge in [0.25, 0.3) is 0 Å². The molecule has 13 heteroatoms. The lowest BCUT2D eigenvalue weighted by Gasteiger charge is -2.43. The van der Waals surface area contributed by atoms with Crippen molar-refractivity contribution in [3.63, 3.8) is 0 Å². The van der Waals surface area contributed by atoms with E-state index in [1.807, 2.05) is 0 Å². The third-order valence-electron chi connectivity index (χ3n) is 6.29. The van der Waals surface area contributed by atoms with E-state index in [-0.39, 0.29) is 22.5 Å². The maximum absolute atomic E-state index is 13.8. The van der Waals surface area contributed by atoms with Crippen molar-refractivity contribution in [3.05, 3.63) is 58.8 Å². The topological polar surface area (TPSA) is 163 Å². The number of para-hydroxylation sites is 1. The largest absolute Gasteiger partial charge is 0.497 e. The van der Waals surface area contributed by atoms with E-state index >= 15 is 0 Å². The molecular formula is C30H30O13. The van der Waals surface area contributed by atoms with Gasteiger partial charge in [0.1, 0.15) is 24.0 Å². The molecule has 0 aliphatic carbocycles. The quantitative estimate of drug-likeness (QED) is 0.261. The highest BCUT2D eigenvalue weighted by Gasteiger charge is 2.53. The van der Waals surface area contributed by atoms with Gasteiger partial charge in [-0.1, -0.05) is 12.1 Å². The van der Waals surface area contributed by atoms with Crippen molar-refractivity contribution < 1.29 is 56.8 Å². The van der Waals surface area contributed by atoms with Crippen molar-refractivity contribution in [2.45, 2.75) is 58.4 Å². The Bertz CT molecular complexity index is 1560. The van der Waals surface area contributed by atoms with E-state index in [9.17, 15) is 24.0 Å². The zero-order chi connectivity index (χ0) is 31.3. The lowest BCUT2D eigenvalue weighted by Crippen LogP contribution is -2.63. The number of carbonyl (C=O) groups is 4. The van der Waals surface area contributed by atoms with Gasteiger partial charge in [0.05, 0.1) is 12.5 Å². The second-order valence-corrected chi connectivity index (χ2v) is 9.50. The van der Waals surface area contributed by atoms with Crippen LogP contribution in [0.25, 0.3) is 22.3 Å². The highest BCUT2D eigenvalue weighted by atomic mass is 16.7. The van der Waals surface area contributed by atoms with Crippen molar-refractivity contribution in [1.82, 2.24) is 0 Å². The summed E-state index contributed by atoms with van der Waals surface area (Å²) in [5, 5.41) is 0.181.